The quantitative estimate of drug-likeness (QED) is 0.527. The second-order valence-electron chi connectivity index (χ2n) is 2.53. The maximum absolute atomic E-state index is 12.1. The number of hydrogen-bond donors (Lipinski definition) is 1. The van der Waals surface area contributed by atoms with Crippen molar-refractivity contribution >= 4 is 18.1 Å². The van der Waals surface area contributed by atoms with Gasteiger partial charge in [-0.15, -0.1) is 5.46 Å². The fourth-order valence-electron chi connectivity index (χ4n) is 0.874. The topological polar surface area (TPSA) is 49.8 Å². The highest BCUT2D eigenvalue weighted by atomic mass is 19.4. The summed E-state index contributed by atoms with van der Waals surface area (Å²) in [4.78, 5) is 0. The van der Waals surface area contributed by atoms with Crippen molar-refractivity contribution in [3.8, 4) is 6.07 Å². The molecule has 0 heterocycles. The molecule has 68 valence electrons. The summed E-state index contributed by atoms with van der Waals surface area (Å²) in [6, 6.07) is 4.31. The van der Waals surface area contributed by atoms with Crippen LogP contribution in [-0.4, -0.2) is 6.98 Å². The highest BCUT2D eigenvalue weighted by molar-refractivity contribution is 6.73. The van der Waals surface area contributed by atoms with E-state index in [0.29, 0.717) is 0 Å². The molecule has 0 atom stereocenters. The Morgan fingerprint density at radius 1 is 1.31 bits per heavy atom. The number of benzene rings is 1. The minimum atomic E-state index is -5.05. The monoisotopic (exact) mass is 185 g/mol. The Labute approximate surface area is 72.8 Å². The molecule has 6 heteroatoms. The van der Waals surface area contributed by atoms with E-state index >= 15 is 0 Å². The van der Waals surface area contributed by atoms with Crippen LogP contribution in [0, 0.1) is 11.3 Å². The van der Waals surface area contributed by atoms with Gasteiger partial charge in [-0.2, -0.15) is 5.26 Å². The molecule has 0 saturated carbocycles. The summed E-state index contributed by atoms with van der Waals surface area (Å²) in [6.45, 7) is -5.05. The molecule has 13 heavy (non-hydrogen) atoms. The average molecular weight is 185 g/mol. The van der Waals surface area contributed by atoms with Crippen LogP contribution in [0.2, 0.25) is 0 Å². The lowest BCUT2D eigenvalue weighted by atomic mass is 9.79. The van der Waals surface area contributed by atoms with Crippen LogP contribution in [0.25, 0.3) is 0 Å². The van der Waals surface area contributed by atoms with Crippen molar-refractivity contribution in [1.82, 2.24) is 0 Å². The maximum Gasteiger partial charge on any atom is 0.509 e. The molecule has 0 fully saturated rings. The number of rotatable bonds is 1. The fourth-order valence-corrected chi connectivity index (χ4v) is 0.874. The van der Waals surface area contributed by atoms with Crippen LogP contribution in [0.1, 0.15) is 5.56 Å². The summed E-state index contributed by atoms with van der Waals surface area (Å²) in [5, 5.41) is 8.42. The zero-order chi connectivity index (χ0) is 10.1. The van der Waals surface area contributed by atoms with Crippen molar-refractivity contribution in [2.24, 2.45) is 0 Å². The molecule has 1 aromatic rings. The Balaban J connectivity index is 3.24. The molecule has 1 aromatic carbocycles. The van der Waals surface area contributed by atoms with Gasteiger partial charge >= 0.3 is 6.98 Å². The number of anilines is 1. The second kappa shape index (κ2) is 3.01. The molecular weight excluding hydrogens is 180 g/mol. The van der Waals surface area contributed by atoms with Gasteiger partial charge in [0.2, 0.25) is 0 Å². The molecule has 0 aliphatic heterocycles. The Hall–Kier alpha value is -1.64. The van der Waals surface area contributed by atoms with Gasteiger partial charge in [0.15, 0.2) is 0 Å². The van der Waals surface area contributed by atoms with Crippen LogP contribution in [0.5, 0.6) is 0 Å². The third kappa shape index (κ3) is 1.93. The largest absolute Gasteiger partial charge is 0.509 e. The first-order valence-electron chi connectivity index (χ1n) is 3.44. The fraction of sp³-hybridized carbons (Fsp3) is 0. The summed E-state index contributed by atoms with van der Waals surface area (Å²) >= 11 is 0. The van der Waals surface area contributed by atoms with E-state index in [1.165, 1.54) is 0 Å². The number of nitriles is 1. The van der Waals surface area contributed by atoms with E-state index in [2.05, 4.69) is 0 Å². The smallest absolute Gasteiger partial charge is 0.445 e. The number of nitrogens with zero attached hydrogens (tertiary/aromatic N) is 1. The molecule has 2 N–H and O–H groups in total. The summed E-state index contributed by atoms with van der Waals surface area (Å²) in [6.07, 6.45) is 0. The Bertz CT molecular complexity index is 367. The van der Waals surface area contributed by atoms with Crippen molar-refractivity contribution in [3.05, 3.63) is 23.8 Å². The van der Waals surface area contributed by atoms with Crippen LogP contribution in [0.3, 0.4) is 0 Å². The van der Waals surface area contributed by atoms with E-state index in [4.69, 9.17) is 11.0 Å². The molecule has 1 rings (SSSR count). The van der Waals surface area contributed by atoms with E-state index < -0.39 is 12.4 Å². The number of halogens is 3. The van der Waals surface area contributed by atoms with Gasteiger partial charge in [0, 0.05) is 5.69 Å². The molecular formula is C7H5BF3N2-. The third-order valence-electron chi connectivity index (χ3n) is 1.58. The Morgan fingerprint density at radius 3 is 2.38 bits per heavy atom. The normalized spacial score (nSPS) is 10.9. The second-order valence-corrected chi connectivity index (χ2v) is 2.53. The molecule has 2 nitrogen and oxygen atoms in total. The third-order valence-corrected chi connectivity index (χ3v) is 1.58. The van der Waals surface area contributed by atoms with Gasteiger partial charge in [0.1, 0.15) is 6.07 Å². The first-order valence-corrected chi connectivity index (χ1v) is 3.44. The molecule has 0 radical (unpaired) electrons. The zero-order valence-corrected chi connectivity index (χ0v) is 6.47. The van der Waals surface area contributed by atoms with Gasteiger partial charge in [-0.25, -0.2) is 0 Å². The zero-order valence-electron chi connectivity index (χ0n) is 6.47. The lowest BCUT2D eigenvalue weighted by molar-refractivity contribution is 0.501. The summed E-state index contributed by atoms with van der Waals surface area (Å²) < 4.78 is 36.4. The Morgan fingerprint density at radius 2 is 1.92 bits per heavy atom. The van der Waals surface area contributed by atoms with Crippen LogP contribution >= 0.6 is 0 Å². The van der Waals surface area contributed by atoms with Gasteiger partial charge in [0.05, 0.1) is 5.56 Å². The first-order chi connectivity index (χ1) is 5.95. The summed E-state index contributed by atoms with van der Waals surface area (Å²) in [5.74, 6) is 0. The van der Waals surface area contributed by atoms with Crippen LogP contribution in [0.15, 0.2) is 18.2 Å². The molecule has 0 saturated heterocycles. The van der Waals surface area contributed by atoms with E-state index in [9.17, 15) is 12.9 Å². The molecule has 0 aliphatic rings. The highest BCUT2D eigenvalue weighted by Gasteiger charge is 2.25. The Kier molecular flexibility index (Phi) is 2.19. The van der Waals surface area contributed by atoms with Gasteiger partial charge in [0.25, 0.3) is 0 Å². The SMILES string of the molecule is N#Cc1cc([B-](F)(F)F)ccc1N. The minimum absolute atomic E-state index is 0.0614. The van der Waals surface area contributed by atoms with Crippen LogP contribution in [-0.2, 0) is 0 Å². The molecule has 0 spiro atoms. The summed E-state index contributed by atoms with van der Waals surface area (Å²) in [7, 11) is 0. The maximum atomic E-state index is 12.1. The van der Waals surface area contributed by atoms with E-state index in [1.807, 2.05) is 0 Å². The minimum Gasteiger partial charge on any atom is -0.445 e. The molecule has 0 bridgehead atoms. The number of nitrogens with two attached hydrogens (primary N) is 1. The van der Waals surface area contributed by atoms with Crippen molar-refractivity contribution in [2.75, 3.05) is 5.73 Å². The van der Waals surface area contributed by atoms with Crippen molar-refractivity contribution < 1.29 is 12.9 Å². The average Bonchev–Trinajstić information content (AvgIpc) is 2.03. The predicted molar refractivity (Wildman–Crippen MR) is 44.3 cm³/mol. The first kappa shape index (κ1) is 9.45. The van der Waals surface area contributed by atoms with Crippen LogP contribution < -0.4 is 11.2 Å². The lowest BCUT2D eigenvalue weighted by Gasteiger charge is -2.14. The van der Waals surface area contributed by atoms with E-state index in [-0.39, 0.29) is 11.3 Å². The highest BCUT2D eigenvalue weighted by Crippen LogP contribution is 2.13. The van der Waals surface area contributed by atoms with Gasteiger partial charge in [-0.3, -0.25) is 0 Å². The van der Waals surface area contributed by atoms with Crippen molar-refractivity contribution in [1.29, 1.82) is 5.26 Å². The molecule has 0 aromatic heterocycles. The van der Waals surface area contributed by atoms with E-state index in [1.54, 1.807) is 6.07 Å². The van der Waals surface area contributed by atoms with Gasteiger partial charge in [-0.1, -0.05) is 12.1 Å². The molecule has 0 unspecified atom stereocenters. The van der Waals surface area contributed by atoms with Gasteiger partial charge in [-0.05, 0) is 6.07 Å². The predicted octanol–water partition coefficient (Wildman–Crippen LogP) is 1.19. The number of hydrogen-bond acceptors (Lipinski definition) is 2. The number of nitrogen functional groups attached to an aromatic ring is 1. The van der Waals surface area contributed by atoms with Crippen LogP contribution in [0.4, 0.5) is 18.6 Å². The lowest BCUT2D eigenvalue weighted by Crippen LogP contribution is -2.34. The molecule has 0 amide bonds. The van der Waals surface area contributed by atoms with Crippen molar-refractivity contribution in [3.63, 3.8) is 0 Å². The standard InChI is InChI=1S/C7H5BF3N2/c9-8(10,11)6-1-2-7(13)5(3-6)4-12/h1-3H,13H2/q-1. The van der Waals surface area contributed by atoms with Crippen molar-refractivity contribution in [2.45, 2.75) is 0 Å². The van der Waals surface area contributed by atoms with Gasteiger partial charge < -0.3 is 18.7 Å². The summed E-state index contributed by atoms with van der Waals surface area (Å²) in [5.41, 5.74) is 4.38. The van der Waals surface area contributed by atoms with E-state index in [0.717, 1.165) is 18.2 Å². The molecule has 0 aliphatic carbocycles.